The van der Waals surface area contributed by atoms with Crippen LogP contribution in [0.5, 0.6) is 0 Å². The molecule has 3 N–H and O–H groups in total. The average Bonchev–Trinajstić information content (AvgIpc) is 3.14. The molecule has 1 amide bonds. The molecular weight excluding hydrogens is 382 g/mol. The fourth-order valence-electron chi connectivity index (χ4n) is 4.27. The van der Waals surface area contributed by atoms with Gasteiger partial charge in [-0.15, -0.1) is 0 Å². The van der Waals surface area contributed by atoms with Gasteiger partial charge in [0.2, 0.25) is 5.91 Å². The van der Waals surface area contributed by atoms with E-state index >= 15 is 0 Å². The molecule has 168 valence electrons. The van der Waals surface area contributed by atoms with Crippen molar-refractivity contribution in [1.82, 2.24) is 30.7 Å². The lowest BCUT2D eigenvalue weighted by Crippen LogP contribution is -2.47. The van der Waals surface area contributed by atoms with E-state index in [1.165, 1.54) is 32.1 Å². The molecule has 1 fully saturated rings. The molecular formula is C21H37N7O2. The van der Waals surface area contributed by atoms with Crippen LogP contribution in [0.1, 0.15) is 63.5 Å². The zero-order chi connectivity index (χ0) is 21.2. The van der Waals surface area contributed by atoms with E-state index in [9.17, 15) is 4.79 Å². The van der Waals surface area contributed by atoms with E-state index in [1.807, 2.05) is 4.68 Å². The number of aryl methyl sites for hydroxylation is 1. The van der Waals surface area contributed by atoms with Gasteiger partial charge in [0.15, 0.2) is 11.8 Å². The van der Waals surface area contributed by atoms with E-state index in [0.717, 1.165) is 43.5 Å². The van der Waals surface area contributed by atoms with E-state index < -0.39 is 0 Å². The Bertz CT molecular complexity index is 698. The highest BCUT2D eigenvalue weighted by molar-refractivity contribution is 5.80. The summed E-state index contributed by atoms with van der Waals surface area (Å²) in [5.74, 6) is 3.26. The number of nitrogens with zero attached hydrogens (tertiary/aromatic N) is 4. The molecule has 1 aromatic rings. The second-order valence-electron chi connectivity index (χ2n) is 8.26. The van der Waals surface area contributed by atoms with Crippen LogP contribution in [0, 0.1) is 5.92 Å². The van der Waals surface area contributed by atoms with E-state index in [0.29, 0.717) is 32.0 Å². The maximum atomic E-state index is 12.1. The van der Waals surface area contributed by atoms with Crippen molar-refractivity contribution in [2.45, 2.75) is 77.5 Å². The molecule has 9 nitrogen and oxygen atoms in total. The van der Waals surface area contributed by atoms with Gasteiger partial charge in [0, 0.05) is 39.1 Å². The monoisotopic (exact) mass is 419 g/mol. The number of hydrogen-bond donors (Lipinski definition) is 3. The molecule has 1 atom stereocenters. The minimum Gasteiger partial charge on any atom is -0.377 e. The summed E-state index contributed by atoms with van der Waals surface area (Å²) < 4.78 is 7.09. The zero-order valence-electron chi connectivity index (χ0n) is 18.5. The molecule has 30 heavy (non-hydrogen) atoms. The van der Waals surface area contributed by atoms with Gasteiger partial charge in [-0.1, -0.05) is 19.3 Å². The lowest BCUT2D eigenvalue weighted by molar-refractivity contribution is -0.122. The molecule has 0 radical (unpaired) electrons. The third kappa shape index (κ3) is 6.97. The van der Waals surface area contributed by atoms with Crippen LogP contribution in [0.25, 0.3) is 0 Å². The molecule has 0 aromatic carbocycles. The number of guanidine groups is 1. The number of fused-ring (bicyclic) bond motifs is 1. The summed E-state index contributed by atoms with van der Waals surface area (Å²) in [4.78, 5) is 21.3. The predicted molar refractivity (Wildman–Crippen MR) is 116 cm³/mol. The number of nitrogens with one attached hydrogen (secondary N) is 3. The van der Waals surface area contributed by atoms with Crippen molar-refractivity contribution in [3.8, 4) is 0 Å². The largest absolute Gasteiger partial charge is 0.377 e. The first-order valence-electron chi connectivity index (χ1n) is 11.4. The summed E-state index contributed by atoms with van der Waals surface area (Å²) in [7, 11) is 1.65. The van der Waals surface area contributed by atoms with Crippen LogP contribution in [0.3, 0.4) is 0 Å². The Balaban J connectivity index is 1.42. The van der Waals surface area contributed by atoms with E-state index in [2.05, 4.69) is 37.9 Å². The number of carbonyl (C=O) groups excluding carboxylic acids is 1. The molecule has 0 bridgehead atoms. The van der Waals surface area contributed by atoms with Gasteiger partial charge in [0.05, 0.1) is 13.1 Å². The van der Waals surface area contributed by atoms with Crippen molar-refractivity contribution in [3.05, 3.63) is 11.6 Å². The average molecular weight is 420 g/mol. The van der Waals surface area contributed by atoms with Crippen LogP contribution >= 0.6 is 0 Å². The van der Waals surface area contributed by atoms with Crippen molar-refractivity contribution in [2.75, 3.05) is 26.7 Å². The van der Waals surface area contributed by atoms with Gasteiger partial charge in [-0.25, -0.2) is 9.67 Å². The number of hydrogen-bond acceptors (Lipinski definition) is 5. The summed E-state index contributed by atoms with van der Waals surface area (Å²) in [5, 5.41) is 14.3. The van der Waals surface area contributed by atoms with Crippen molar-refractivity contribution in [2.24, 2.45) is 10.9 Å². The summed E-state index contributed by atoms with van der Waals surface area (Å²) in [5.41, 5.74) is 0. The van der Waals surface area contributed by atoms with Crippen molar-refractivity contribution in [3.63, 3.8) is 0 Å². The summed E-state index contributed by atoms with van der Waals surface area (Å²) in [6.45, 7) is 5.17. The fraction of sp³-hybridized carbons (Fsp3) is 0.810. The summed E-state index contributed by atoms with van der Waals surface area (Å²) in [6.07, 6.45) is 8.77. The number of methoxy groups -OCH3 is 1. The standard InChI is InChI=1S/C21H37N7O2/c1-3-22-21(24-12-11-23-20(29)13-16-7-5-4-6-8-16)25-17-9-10-19-26-18(15-30-2)27-28(19)14-17/h16-17H,3-15H2,1-2H3,(H,23,29)(H2,22,24,25). The molecule has 1 saturated carbocycles. The highest BCUT2D eigenvalue weighted by atomic mass is 16.5. The van der Waals surface area contributed by atoms with Gasteiger partial charge in [-0.2, -0.15) is 5.10 Å². The molecule has 9 heteroatoms. The minimum absolute atomic E-state index is 0.160. The van der Waals surface area contributed by atoms with Gasteiger partial charge in [-0.3, -0.25) is 9.79 Å². The first kappa shape index (κ1) is 22.5. The molecule has 2 heterocycles. The van der Waals surface area contributed by atoms with E-state index in [-0.39, 0.29) is 11.9 Å². The smallest absolute Gasteiger partial charge is 0.220 e. The molecule has 1 aliphatic carbocycles. The number of aromatic nitrogens is 3. The Morgan fingerprint density at radius 1 is 1.23 bits per heavy atom. The maximum absolute atomic E-state index is 12.1. The second kappa shape index (κ2) is 11.9. The van der Waals surface area contributed by atoms with Gasteiger partial charge >= 0.3 is 0 Å². The molecule has 3 rings (SSSR count). The SMILES string of the molecule is CCNC(=NCCNC(=O)CC1CCCCC1)NC1CCc2nc(COC)nn2C1. The Labute approximate surface area is 179 Å². The Hall–Kier alpha value is -2.16. The third-order valence-electron chi connectivity index (χ3n) is 5.76. The predicted octanol–water partition coefficient (Wildman–Crippen LogP) is 1.38. The van der Waals surface area contributed by atoms with Crippen LogP contribution in [-0.2, 0) is 29.1 Å². The first-order chi connectivity index (χ1) is 14.7. The fourth-order valence-corrected chi connectivity index (χ4v) is 4.27. The first-order valence-corrected chi connectivity index (χ1v) is 11.4. The van der Waals surface area contributed by atoms with Crippen LogP contribution < -0.4 is 16.0 Å². The van der Waals surface area contributed by atoms with Crippen molar-refractivity contribution >= 4 is 11.9 Å². The lowest BCUT2D eigenvalue weighted by atomic mass is 9.87. The summed E-state index contributed by atoms with van der Waals surface area (Å²) in [6, 6.07) is 0.244. The van der Waals surface area contributed by atoms with Gasteiger partial charge in [0.1, 0.15) is 12.4 Å². The highest BCUT2D eigenvalue weighted by Gasteiger charge is 2.22. The van der Waals surface area contributed by atoms with Gasteiger partial charge in [0.25, 0.3) is 0 Å². The summed E-state index contributed by atoms with van der Waals surface area (Å²) >= 11 is 0. The van der Waals surface area contributed by atoms with Crippen LogP contribution in [-0.4, -0.2) is 59.4 Å². The third-order valence-corrected chi connectivity index (χ3v) is 5.76. The lowest BCUT2D eigenvalue weighted by Gasteiger charge is -2.25. The second-order valence-corrected chi connectivity index (χ2v) is 8.26. The number of carbonyl (C=O) groups is 1. The minimum atomic E-state index is 0.160. The number of aliphatic imine (C=N–C) groups is 1. The molecule has 1 aliphatic heterocycles. The quantitative estimate of drug-likeness (QED) is 0.317. The van der Waals surface area contributed by atoms with E-state index in [4.69, 9.17) is 4.74 Å². The Morgan fingerprint density at radius 3 is 2.83 bits per heavy atom. The molecule has 0 spiro atoms. The van der Waals surface area contributed by atoms with E-state index in [1.54, 1.807) is 7.11 Å². The molecule has 1 aromatic heterocycles. The molecule has 0 saturated heterocycles. The zero-order valence-corrected chi connectivity index (χ0v) is 18.5. The molecule has 1 unspecified atom stereocenters. The topological polar surface area (TPSA) is 105 Å². The van der Waals surface area contributed by atoms with Crippen molar-refractivity contribution < 1.29 is 9.53 Å². The maximum Gasteiger partial charge on any atom is 0.220 e. The molecule has 2 aliphatic rings. The Kier molecular flexibility index (Phi) is 8.92. The highest BCUT2D eigenvalue weighted by Crippen LogP contribution is 2.25. The number of ether oxygens (including phenoxy) is 1. The normalized spacial score (nSPS) is 19.9. The number of rotatable bonds is 9. The Morgan fingerprint density at radius 2 is 2.07 bits per heavy atom. The van der Waals surface area contributed by atoms with Crippen molar-refractivity contribution in [1.29, 1.82) is 0 Å². The van der Waals surface area contributed by atoms with Crippen LogP contribution in [0.4, 0.5) is 0 Å². The number of amides is 1. The van der Waals surface area contributed by atoms with Crippen LogP contribution in [0.15, 0.2) is 4.99 Å². The van der Waals surface area contributed by atoms with Gasteiger partial charge < -0.3 is 20.7 Å². The van der Waals surface area contributed by atoms with Gasteiger partial charge in [-0.05, 0) is 32.1 Å². The van der Waals surface area contributed by atoms with Crippen LogP contribution in [0.2, 0.25) is 0 Å².